The van der Waals surface area contributed by atoms with Gasteiger partial charge in [0.15, 0.2) is 5.82 Å². The fourth-order valence-electron chi connectivity index (χ4n) is 1.68. The van der Waals surface area contributed by atoms with Crippen molar-refractivity contribution in [2.24, 2.45) is 0 Å². The molecule has 2 rings (SSSR count). The lowest BCUT2D eigenvalue weighted by atomic mass is 10.4. The summed E-state index contributed by atoms with van der Waals surface area (Å²) in [5, 5.41) is 12.5. The molecule has 0 unspecified atom stereocenters. The lowest BCUT2D eigenvalue weighted by Gasteiger charge is -2.03. The van der Waals surface area contributed by atoms with Crippen molar-refractivity contribution in [3.8, 4) is 0 Å². The monoisotopic (exact) mass is 301 g/mol. The van der Waals surface area contributed by atoms with Crippen LogP contribution in [-0.2, 0) is 23.1 Å². The molecule has 0 radical (unpaired) electrons. The molecule has 110 valence electrons. The van der Waals surface area contributed by atoms with Crippen LogP contribution in [0.1, 0.15) is 23.2 Å². The number of hydrogen-bond acceptors (Lipinski definition) is 7. The van der Waals surface area contributed by atoms with E-state index in [1.165, 1.54) is 13.0 Å². The molecule has 2 aromatic heterocycles. The topological polar surface area (TPSA) is 118 Å². The van der Waals surface area contributed by atoms with Gasteiger partial charge in [0.1, 0.15) is 23.0 Å². The number of hydrogen-bond donors (Lipinski definition) is 2. The third-order valence-electron chi connectivity index (χ3n) is 2.57. The van der Waals surface area contributed by atoms with E-state index >= 15 is 0 Å². The van der Waals surface area contributed by atoms with Crippen molar-refractivity contribution in [2.75, 3.05) is 6.54 Å². The van der Waals surface area contributed by atoms with Crippen molar-refractivity contribution in [3.05, 3.63) is 29.3 Å². The van der Waals surface area contributed by atoms with Gasteiger partial charge >= 0.3 is 0 Å². The van der Waals surface area contributed by atoms with Crippen molar-refractivity contribution >= 4 is 10.0 Å². The second kappa shape index (κ2) is 5.73. The number of aryl methyl sites for hydroxylation is 2. The Labute approximate surface area is 115 Å². The van der Waals surface area contributed by atoms with E-state index in [9.17, 15) is 8.42 Å². The van der Waals surface area contributed by atoms with Crippen LogP contribution in [0, 0.1) is 13.8 Å². The van der Waals surface area contributed by atoms with Crippen LogP contribution in [0.4, 0.5) is 0 Å². The van der Waals surface area contributed by atoms with Gasteiger partial charge in [-0.25, -0.2) is 13.1 Å². The SMILES string of the molecule is Cc1noc(CCNS(=O)(=O)c2cc(CO)oc2C)n1. The Bertz CT molecular complexity index is 689. The fourth-order valence-corrected chi connectivity index (χ4v) is 2.91. The predicted molar refractivity (Wildman–Crippen MR) is 67.3 cm³/mol. The van der Waals surface area contributed by atoms with Gasteiger partial charge in [-0.1, -0.05) is 5.16 Å². The number of aliphatic hydroxyl groups is 1. The number of aromatic nitrogens is 2. The van der Waals surface area contributed by atoms with E-state index in [2.05, 4.69) is 14.9 Å². The van der Waals surface area contributed by atoms with Gasteiger partial charge in [0.2, 0.25) is 15.9 Å². The first kappa shape index (κ1) is 14.7. The van der Waals surface area contributed by atoms with Crippen molar-refractivity contribution in [1.29, 1.82) is 0 Å². The number of furan rings is 1. The summed E-state index contributed by atoms with van der Waals surface area (Å²) < 4.78 is 36.5. The maximum atomic E-state index is 12.1. The molecular weight excluding hydrogens is 286 g/mol. The standard InChI is InChI=1S/C11H15N3O5S/c1-7-10(5-9(6-15)18-7)20(16,17)12-4-3-11-13-8(2)14-19-11/h5,12,15H,3-4,6H2,1-2H3. The summed E-state index contributed by atoms with van der Waals surface area (Å²) in [7, 11) is -3.69. The average molecular weight is 301 g/mol. The molecule has 0 aliphatic rings. The lowest BCUT2D eigenvalue weighted by Crippen LogP contribution is -2.26. The molecule has 0 aromatic carbocycles. The predicted octanol–water partition coefficient (Wildman–Crippen LogP) is 0.293. The zero-order valence-corrected chi connectivity index (χ0v) is 11.9. The van der Waals surface area contributed by atoms with E-state index in [0.717, 1.165) is 0 Å². The summed E-state index contributed by atoms with van der Waals surface area (Å²) in [5.74, 6) is 1.30. The number of nitrogens with one attached hydrogen (secondary N) is 1. The third kappa shape index (κ3) is 3.24. The van der Waals surface area contributed by atoms with E-state index in [0.29, 0.717) is 18.1 Å². The summed E-state index contributed by atoms with van der Waals surface area (Å²) in [5.41, 5.74) is 0. The first-order valence-electron chi connectivity index (χ1n) is 5.91. The average Bonchev–Trinajstić information content (AvgIpc) is 2.95. The Morgan fingerprint density at radius 2 is 2.15 bits per heavy atom. The molecule has 8 nitrogen and oxygen atoms in total. The molecule has 0 spiro atoms. The molecule has 0 aliphatic carbocycles. The quantitative estimate of drug-likeness (QED) is 0.787. The van der Waals surface area contributed by atoms with Crippen LogP contribution in [0.3, 0.4) is 0 Å². The molecular formula is C11H15N3O5S. The molecule has 0 saturated carbocycles. The molecule has 0 atom stereocenters. The normalized spacial score (nSPS) is 11.9. The van der Waals surface area contributed by atoms with Crippen LogP contribution in [-0.4, -0.2) is 30.2 Å². The molecule has 0 amide bonds. The van der Waals surface area contributed by atoms with E-state index < -0.39 is 10.0 Å². The van der Waals surface area contributed by atoms with Gasteiger partial charge in [0, 0.05) is 19.0 Å². The molecule has 0 aliphatic heterocycles. The Balaban J connectivity index is 2.01. The van der Waals surface area contributed by atoms with Crippen molar-refractivity contribution in [3.63, 3.8) is 0 Å². The second-order valence-electron chi connectivity index (χ2n) is 4.17. The minimum atomic E-state index is -3.69. The van der Waals surface area contributed by atoms with E-state index in [1.807, 2.05) is 0 Å². The summed E-state index contributed by atoms with van der Waals surface area (Å²) >= 11 is 0. The van der Waals surface area contributed by atoms with Crippen LogP contribution < -0.4 is 4.72 Å². The van der Waals surface area contributed by atoms with Gasteiger partial charge in [-0.2, -0.15) is 4.98 Å². The number of nitrogens with zero attached hydrogens (tertiary/aromatic N) is 2. The fraction of sp³-hybridized carbons (Fsp3) is 0.455. The van der Waals surface area contributed by atoms with Gasteiger partial charge in [0.25, 0.3) is 0 Å². The van der Waals surface area contributed by atoms with Crippen molar-refractivity contribution < 1.29 is 22.5 Å². The van der Waals surface area contributed by atoms with Crippen LogP contribution in [0.5, 0.6) is 0 Å². The number of sulfonamides is 1. The van der Waals surface area contributed by atoms with Crippen molar-refractivity contribution in [2.45, 2.75) is 31.8 Å². The first-order chi connectivity index (χ1) is 9.42. The molecule has 0 saturated heterocycles. The third-order valence-corrected chi connectivity index (χ3v) is 4.14. The Kier molecular flexibility index (Phi) is 4.21. The van der Waals surface area contributed by atoms with E-state index in [1.54, 1.807) is 6.92 Å². The van der Waals surface area contributed by atoms with Gasteiger partial charge in [0.05, 0.1) is 0 Å². The van der Waals surface area contributed by atoms with Crippen LogP contribution in [0.25, 0.3) is 0 Å². The van der Waals surface area contributed by atoms with Crippen molar-refractivity contribution in [1.82, 2.24) is 14.9 Å². The number of rotatable bonds is 6. The van der Waals surface area contributed by atoms with E-state index in [-0.39, 0.29) is 29.6 Å². The minimum Gasteiger partial charge on any atom is -0.462 e. The number of aliphatic hydroxyl groups excluding tert-OH is 1. The zero-order valence-electron chi connectivity index (χ0n) is 11.1. The Morgan fingerprint density at radius 3 is 2.70 bits per heavy atom. The first-order valence-corrected chi connectivity index (χ1v) is 7.39. The Hall–Kier alpha value is -1.71. The van der Waals surface area contributed by atoms with Crippen LogP contribution in [0.2, 0.25) is 0 Å². The van der Waals surface area contributed by atoms with Gasteiger partial charge in [-0.15, -0.1) is 0 Å². The molecule has 20 heavy (non-hydrogen) atoms. The maximum Gasteiger partial charge on any atom is 0.244 e. The molecule has 0 fully saturated rings. The highest BCUT2D eigenvalue weighted by atomic mass is 32.2. The molecule has 9 heteroatoms. The summed E-state index contributed by atoms with van der Waals surface area (Å²) in [6, 6.07) is 1.30. The lowest BCUT2D eigenvalue weighted by molar-refractivity contribution is 0.244. The van der Waals surface area contributed by atoms with Gasteiger partial charge in [-0.05, 0) is 13.8 Å². The van der Waals surface area contributed by atoms with Crippen LogP contribution in [0.15, 0.2) is 19.9 Å². The van der Waals surface area contributed by atoms with Gasteiger partial charge < -0.3 is 14.0 Å². The largest absolute Gasteiger partial charge is 0.462 e. The molecule has 2 N–H and O–H groups in total. The smallest absolute Gasteiger partial charge is 0.244 e. The van der Waals surface area contributed by atoms with Crippen LogP contribution >= 0.6 is 0 Å². The highest BCUT2D eigenvalue weighted by Crippen LogP contribution is 2.19. The molecule has 0 bridgehead atoms. The highest BCUT2D eigenvalue weighted by Gasteiger charge is 2.21. The van der Waals surface area contributed by atoms with E-state index in [4.69, 9.17) is 14.0 Å². The molecule has 2 aromatic rings. The summed E-state index contributed by atoms with van der Waals surface area (Å²) in [6.07, 6.45) is 0.295. The second-order valence-corrected chi connectivity index (χ2v) is 5.91. The highest BCUT2D eigenvalue weighted by molar-refractivity contribution is 7.89. The maximum absolute atomic E-state index is 12.1. The summed E-state index contributed by atoms with van der Waals surface area (Å²) in [6.45, 7) is 2.98. The minimum absolute atomic E-state index is 0.0169. The summed E-state index contributed by atoms with van der Waals surface area (Å²) in [4.78, 5) is 3.99. The Morgan fingerprint density at radius 1 is 1.40 bits per heavy atom. The molecule has 2 heterocycles. The zero-order chi connectivity index (χ0) is 14.8. The van der Waals surface area contributed by atoms with Gasteiger partial charge in [-0.3, -0.25) is 0 Å².